The van der Waals surface area contributed by atoms with Crippen LogP contribution in [-0.4, -0.2) is 41.7 Å². The van der Waals surface area contributed by atoms with Gasteiger partial charge in [-0.3, -0.25) is 4.90 Å². The summed E-state index contributed by atoms with van der Waals surface area (Å²) in [5.41, 5.74) is 3.46. The molecule has 0 amide bonds. The summed E-state index contributed by atoms with van der Waals surface area (Å²) >= 11 is 0. The average Bonchev–Trinajstić information content (AvgIpc) is 3.14. The van der Waals surface area contributed by atoms with Crippen LogP contribution in [0, 0.1) is 12.8 Å². The van der Waals surface area contributed by atoms with E-state index < -0.39 is 0 Å². The Morgan fingerprint density at radius 1 is 1.40 bits per heavy atom. The predicted octanol–water partition coefficient (Wildman–Crippen LogP) is 2.73. The molecule has 1 aliphatic rings. The Balaban J connectivity index is 1.71. The molecule has 0 radical (unpaired) electrons. The zero-order valence-electron chi connectivity index (χ0n) is 12.4. The molecule has 1 saturated carbocycles. The van der Waals surface area contributed by atoms with Gasteiger partial charge in [0, 0.05) is 20.2 Å². The Morgan fingerprint density at radius 2 is 2.25 bits per heavy atom. The first kappa shape index (κ1) is 13.6. The largest absolute Gasteiger partial charge is 0.383 e. The number of aromatic nitrogens is 2. The van der Waals surface area contributed by atoms with Gasteiger partial charge in [-0.2, -0.15) is 0 Å². The van der Waals surface area contributed by atoms with Crippen LogP contribution in [0.1, 0.15) is 24.2 Å². The van der Waals surface area contributed by atoms with Gasteiger partial charge in [0.15, 0.2) is 0 Å². The second-order valence-corrected chi connectivity index (χ2v) is 5.88. The third-order valence-electron chi connectivity index (χ3n) is 3.88. The first-order chi connectivity index (χ1) is 9.74. The van der Waals surface area contributed by atoms with Crippen LogP contribution in [0.2, 0.25) is 0 Å². The molecule has 1 aromatic carbocycles. The van der Waals surface area contributed by atoms with Gasteiger partial charge in [-0.15, -0.1) is 0 Å². The van der Waals surface area contributed by atoms with E-state index in [9.17, 15) is 0 Å². The van der Waals surface area contributed by atoms with Crippen molar-refractivity contribution in [2.24, 2.45) is 5.92 Å². The van der Waals surface area contributed by atoms with Crippen LogP contribution >= 0.6 is 0 Å². The van der Waals surface area contributed by atoms with Gasteiger partial charge in [0.25, 0.3) is 0 Å². The molecule has 1 aliphatic carbocycles. The minimum Gasteiger partial charge on any atom is -0.383 e. The number of nitrogens with zero attached hydrogens (tertiary/aromatic N) is 2. The Hall–Kier alpha value is -1.39. The van der Waals surface area contributed by atoms with E-state index in [1.807, 2.05) is 0 Å². The topological polar surface area (TPSA) is 41.1 Å². The van der Waals surface area contributed by atoms with E-state index in [1.54, 1.807) is 7.11 Å². The molecule has 0 spiro atoms. The summed E-state index contributed by atoms with van der Waals surface area (Å²) in [5.74, 6) is 1.95. The van der Waals surface area contributed by atoms with Crippen LogP contribution in [0.3, 0.4) is 0 Å². The van der Waals surface area contributed by atoms with Crippen molar-refractivity contribution in [3.63, 3.8) is 0 Å². The van der Waals surface area contributed by atoms with Gasteiger partial charge in [-0.1, -0.05) is 6.07 Å². The smallest absolute Gasteiger partial charge is 0.121 e. The third-order valence-corrected chi connectivity index (χ3v) is 3.88. The van der Waals surface area contributed by atoms with Crippen molar-refractivity contribution in [1.82, 2.24) is 14.9 Å². The number of ether oxygens (including phenoxy) is 1. The fourth-order valence-electron chi connectivity index (χ4n) is 2.58. The lowest BCUT2D eigenvalue weighted by molar-refractivity contribution is 0.139. The van der Waals surface area contributed by atoms with Gasteiger partial charge >= 0.3 is 0 Å². The zero-order chi connectivity index (χ0) is 13.9. The number of fused-ring (bicyclic) bond motifs is 1. The first-order valence-electron chi connectivity index (χ1n) is 7.41. The highest BCUT2D eigenvalue weighted by Crippen LogP contribution is 2.30. The molecule has 1 fully saturated rings. The van der Waals surface area contributed by atoms with E-state index in [-0.39, 0.29) is 0 Å². The molecule has 1 aromatic heterocycles. The van der Waals surface area contributed by atoms with Crippen molar-refractivity contribution < 1.29 is 4.74 Å². The molecule has 4 nitrogen and oxygen atoms in total. The lowest BCUT2D eigenvalue weighted by atomic mass is 10.2. The lowest BCUT2D eigenvalue weighted by Gasteiger charge is -2.20. The van der Waals surface area contributed by atoms with Crippen LogP contribution in [0.4, 0.5) is 0 Å². The van der Waals surface area contributed by atoms with Gasteiger partial charge < -0.3 is 9.72 Å². The minimum atomic E-state index is 0.784. The molecule has 20 heavy (non-hydrogen) atoms. The molecule has 0 atom stereocenters. The number of H-pyrrole nitrogens is 1. The summed E-state index contributed by atoms with van der Waals surface area (Å²) in [7, 11) is 1.76. The van der Waals surface area contributed by atoms with Crippen LogP contribution < -0.4 is 0 Å². The fourth-order valence-corrected chi connectivity index (χ4v) is 2.58. The summed E-state index contributed by atoms with van der Waals surface area (Å²) in [5, 5.41) is 0. The van der Waals surface area contributed by atoms with Crippen molar-refractivity contribution in [3.8, 4) is 0 Å². The van der Waals surface area contributed by atoms with E-state index in [0.717, 1.165) is 42.5 Å². The highest BCUT2D eigenvalue weighted by molar-refractivity contribution is 5.75. The SMILES string of the molecule is COCCN(Cc1nc2ccc(C)cc2[nH]1)CC1CC1. The van der Waals surface area contributed by atoms with Gasteiger partial charge in [0.05, 0.1) is 24.2 Å². The molecule has 0 unspecified atom stereocenters. The molecule has 0 saturated heterocycles. The van der Waals surface area contributed by atoms with Crippen LogP contribution in [0.15, 0.2) is 18.2 Å². The van der Waals surface area contributed by atoms with Gasteiger partial charge in [-0.25, -0.2) is 4.98 Å². The molecule has 4 heteroatoms. The number of aryl methyl sites for hydroxylation is 1. The number of rotatable bonds is 7. The second kappa shape index (κ2) is 5.94. The van der Waals surface area contributed by atoms with Gasteiger partial charge in [-0.05, 0) is 43.4 Å². The molecule has 0 aliphatic heterocycles. The zero-order valence-corrected chi connectivity index (χ0v) is 12.4. The number of methoxy groups -OCH3 is 1. The van der Waals surface area contributed by atoms with Crippen molar-refractivity contribution in [2.75, 3.05) is 26.8 Å². The third kappa shape index (κ3) is 3.38. The van der Waals surface area contributed by atoms with Crippen molar-refractivity contribution in [1.29, 1.82) is 0 Å². The van der Waals surface area contributed by atoms with Gasteiger partial charge in [0.2, 0.25) is 0 Å². The first-order valence-corrected chi connectivity index (χ1v) is 7.41. The molecule has 3 rings (SSSR count). The van der Waals surface area contributed by atoms with Crippen molar-refractivity contribution >= 4 is 11.0 Å². The maximum Gasteiger partial charge on any atom is 0.121 e. The second-order valence-electron chi connectivity index (χ2n) is 5.88. The fraction of sp³-hybridized carbons (Fsp3) is 0.562. The minimum absolute atomic E-state index is 0.784. The number of hydrogen-bond acceptors (Lipinski definition) is 3. The van der Waals surface area contributed by atoms with E-state index >= 15 is 0 Å². The Morgan fingerprint density at radius 3 is 3.00 bits per heavy atom. The van der Waals surface area contributed by atoms with Crippen LogP contribution in [0.25, 0.3) is 11.0 Å². The Labute approximate surface area is 120 Å². The summed E-state index contributed by atoms with van der Waals surface area (Å²) in [6.45, 7) is 5.92. The monoisotopic (exact) mass is 273 g/mol. The Bertz CT molecular complexity index is 574. The van der Waals surface area contributed by atoms with E-state index in [0.29, 0.717) is 0 Å². The molecule has 1 N–H and O–H groups in total. The number of benzene rings is 1. The van der Waals surface area contributed by atoms with Crippen LogP contribution in [-0.2, 0) is 11.3 Å². The van der Waals surface area contributed by atoms with Gasteiger partial charge in [0.1, 0.15) is 5.82 Å². The number of hydrogen-bond donors (Lipinski definition) is 1. The Kier molecular flexibility index (Phi) is 4.03. The molecular weight excluding hydrogens is 250 g/mol. The number of nitrogens with one attached hydrogen (secondary N) is 1. The van der Waals surface area contributed by atoms with Crippen molar-refractivity contribution in [2.45, 2.75) is 26.3 Å². The van der Waals surface area contributed by atoms with Crippen LogP contribution in [0.5, 0.6) is 0 Å². The lowest BCUT2D eigenvalue weighted by Crippen LogP contribution is -2.29. The summed E-state index contributed by atoms with van der Waals surface area (Å²) < 4.78 is 5.21. The summed E-state index contributed by atoms with van der Waals surface area (Å²) in [4.78, 5) is 10.6. The summed E-state index contributed by atoms with van der Waals surface area (Å²) in [6, 6.07) is 6.36. The standard InChI is InChI=1S/C16H23N3O/c1-12-3-6-14-15(9-12)18-16(17-14)11-19(7-8-20-2)10-13-4-5-13/h3,6,9,13H,4-5,7-8,10-11H2,1-2H3,(H,17,18). The quantitative estimate of drug-likeness (QED) is 0.843. The highest BCUT2D eigenvalue weighted by atomic mass is 16.5. The molecule has 108 valence electrons. The highest BCUT2D eigenvalue weighted by Gasteiger charge is 2.24. The van der Waals surface area contributed by atoms with E-state index in [2.05, 4.69) is 35.0 Å². The molecule has 1 heterocycles. The maximum atomic E-state index is 5.21. The molecular formula is C16H23N3O. The average molecular weight is 273 g/mol. The predicted molar refractivity (Wildman–Crippen MR) is 80.7 cm³/mol. The molecule has 0 bridgehead atoms. The molecule has 2 aromatic rings. The maximum absolute atomic E-state index is 5.21. The number of imidazole rings is 1. The van der Waals surface area contributed by atoms with E-state index in [1.165, 1.54) is 24.9 Å². The number of aromatic amines is 1. The normalized spacial score (nSPS) is 15.3. The van der Waals surface area contributed by atoms with E-state index in [4.69, 9.17) is 9.72 Å². The van der Waals surface area contributed by atoms with Crippen molar-refractivity contribution in [3.05, 3.63) is 29.6 Å². The summed E-state index contributed by atoms with van der Waals surface area (Å²) in [6.07, 6.45) is 2.76.